The molecule has 0 saturated heterocycles. The second-order valence-corrected chi connectivity index (χ2v) is 10.2. The van der Waals surface area contributed by atoms with E-state index >= 15 is 0 Å². The van der Waals surface area contributed by atoms with Gasteiger partial charge in [-0.05, 0) is 50.9 Å². The maximum atomic E-state index is 12.9. The first-order valence-corrected chi connectivity index (χ1v) is 12.2. The van der Waals surface area contributed by atoms with Crippen molar-refractivity contribution in [2.24, 2.45) is 17.8 Å². The highest BCUT2D eigenvalue weighted by molar-refractivity contribution is 6.26. The van der Waals surface area contributed by atoms with Gasteiger partial charge in [0.1, 0.15) is 0 Å². The molecule has 0 aliphatic heterocycles. The summed E-state index contributed by atoms with van der Waals surface area (Å²) in [6.45, 7) is 13.3. The zero-order valence-corrected chi connectivity index (χ0v) is 20.6. The van der Waals surface area contributed by atoms with E-state index < -0.39 is 0 Å². The van der Waals surface area contributed by atoms with E-state index in [2.05, 4.69) is 40.7 Å². The first-order chi connectivity index (χ1) is 14.7. The Labute approximate surface area is 190 Å². The molecule has 1 aromatic carbocycles. The summed E-state index contributed by atoms with van der Waals surface area (Å²) in [5, 5.41) is 0. The number of ketones is 2. The summed E-state index contributed by atoms with van der Waals surface area (Å²) in [7, 11) is 0. The van der Waals surface area contributed by atoms with E-state index in [0.717, 1.165) is 24.2 Å². The second kappa shape index (κ2) is 12.2. The average molecular weight is 423 g/mol. The van der Waals surface area contributed by atoms with E-state index in [1.807, 2.05) is 12.1 Å². The average Bonchev–Trinajstić information content (AvgIpc) is 2.74. The van der Waals surface area contributed by atoms with E-state index in [1.54, 1.807) is 19.1 Å². The molecule has 1 aromatic rings. The first-order valence-electron chi connectivity index (χ1n) is 12.2. The Balaban J connectivity index is 1.78. The highest BCUT2D eigenvalue weighted by atomic mass is 16.1. The molecular formula is C29H42O2. The predicted molar refractivity (Wildman–Crippen MR) is 132 cm³/mol. The molecule has 0 bridgehead atoms. The zero-order valence-electron chi connectivity index (χ0n) is 20.6. The van der Waals surface area contributed by atoms with Gasteiger partial charge in [0.15, 0.2) is 11.6 Å². The predicted octanol–water partition coefficient (Wildman–Crippen LogP) is 8.38. The van der Waals surface area contributed by atoms with Crippen LogP contribution in [0.2, 0.25) is 0 Å². The Morgan fingerprint density at radius 2 is 1.39 bits per heavy atom. The minimum atomic E-state index is -0.00676. The summed E-state index contributed by atoms with van der Waals surface area (Å²) in [5.74, 6) is 2.42. The van der Waals surface area contributed by atoms with Gasteiger partial charge in [0.2, 0.25) is 0 Å². The van der Waals surface area contributed by atoms with Crippen molar-refractivity contribution in [2.75, 3.05) is 0 Å². The third-order valence-corrected chi connectivity index (χ3v) is 6.80. The van der Waals surface area contributed by atoms with E-state index in [9.17, 15) is 9.59 Å². The molecular weight excluding hydrogens is 380 g/mol. The Morgan fingerprint density at radius 3 is 2.00 bits per heavy atom. The van der Waals surface area contributed by atoms with Gasteiger partial charge in [0.05, 0.1) is 0 Å². The van der Waals surface area contributed by atoms with Crippen LogP contribution < -0.4 is 0 Å². The number of hydrogen-bond donors (Lipinski definition) is 0. The third-order valence-electron chi connectivity index (χ3n) is 6.80. The number of rotatable bonds is 12. The Kier molecular flexibility index (Phi) is 9.93. The Hall–Kier alpha value is -1.96. The van der Waals surface area contributed by atoms with Crippen LogP contribution in [0.3, 0.4) is 0 Å². The number of carbonyl (C=O) groups is 2. The summed E-state index contributed by atoms with van der Waals surface area (Å²) >= 11 is 0. The Bertz CT molecular complexity index is 825. The fourth-order valence-corrected chi connectivity index (χ4v) is 4.38. The number of hydrogen-bond acceptors (Lipinski definition) is 2. The number of fused-ring (bicyclic) bond motifs is 1. The van der Waals surface area contributed by atoms with Crippen LogP contribution in [-0.2, 0) is 0 Å². The summed E-state index contributed by atoms with van der Waals surface area (Å²) in [6, 6.07) is 7.17. The molecule has 170 valence electrons. The van der Waals surface area contributed by atoms with E-state index in [4.69, 9.17) is 0 Å². The van der Waals surface area contributed by atoms with Crippen molar-refractivity contribution in [3.63, 3.8) is 0 Å². The molecule has 2 heteroatoms. The first kappa shape index (κ1) is 25.3. The standard InChI is InChI=1S/C29H42O2/c1-20(2)14-15-23(5)17-16-21(3)10-9-11-22(4)18-19-25-24(6)28(30)26-12-7-8-13-27(26)29(25)31/h7-8,12-13,18,20-21,23H,9-11,14-17,19H2,1-6H3. The second-order valence-electron chi connectivity index (χ2n) is 10.2. The van der Waals surface area contributed by atoms with Crippen LogP contribution in [0.5, 0.6) is 0 Å². The molecule has 0 amide bonds. The molecule has 2 unspecified atom stereocenters. The lowest BCUT2D eigenvalue weighted by Gasteiger charge is -2.18. The molecule has 1 aliphatic rings. The number of benzene rings is 1. The van der Waals surface area contributed by atoms with Crippen LogP contribution >= 0.6 is 0 Å². The molecule has 0 saturated carbocycles. The quantitative estimate of drug-likeness (QED) is 0.317. The lowest BCUT2D eigenvalue weighted by Crippen LogP contribution is -2.20. The molecule has 2 nitrogen and oxygen atoms in total. The number of allylic oxidation sites excluding steroid dienone is 4. The third kappa shape index (κ3) is 7.59. The highest BCUT2D eigenvalue weighted by Gasteiger charge is 2.28. The molecule has 0 N–H and O–H groups in total. The van der Waals surface area contributed by atoms with Gasteiger partial charge in [-0.2, -0.15) is 0 Å². The van der Waals surface area contributed by atoms with Gasteiger partial charge < -0.3 is 0 Å². The van der Waals surface area contributed by atoms with Crippen LogP contribution in [-0.4, -0.2) is 11.6 Å². The highest BCUT2D eigenvalue weighted by Crippen LogP contribution is 2.29. The smallest absolute Gasteiger partial charge is 0.190 e. The molecule has 1 aliphatic carbocycles. The summed E-state index contributed by atoms with van der Waals surface area (Å²) in [5.41, 5.74) is 3.68. The zero-order chi connectivity index (χ0) is 23.0. The van der Waals surface area contributed by atoms with Crippen molar-refractivity contribution in [1.82, 2.24) is 0 Å². The fourth-order valence-electron chi connectivity index (χ4n) is 4.38. The van der Waals surface area contributed by atoms with Gasteiger partial charge in [-0.15, -0.1) is 0 Å². The van der Waals surface area contributed by atoms with Crippen molar-refractivity contribution >= 4 is 11.6 Å². The molecule has 31 heavy (non-hydrogen) atoms. The van der Waals surface area contributed by atoms with E-state index in [0.29, 0.717) is 28.7 Å². The Morgan fingerprint density at radius 1 is 0.839 bits per heavy atom. The molecule has 0 radical (unpaired) electrons. The van der Waals surface area contributed by atoms with Gasteiger partial charge in [-0.3, -0.25) is 9.59 Å². The van der Waals surface area contributed by atoms with Gasteiger partial charge in [0.25, 0.3) is 0 Å². The SMILES string of the molecule is CC(=CCC1=C(C)C(=O)c2ccccc2C1=O)CCCC(C)CCC(C)CCC(C)C. The molecule has 2 atom stereocenters. The van der Waals surface area contributed by atoms with Crippen LogP contribution in [0.4, 0.5) is 0 Å². The van der Waals surface area contributed by atoms with E-state index in [1.165, 1.54) is 44.1 Å². The van der Waals surface area contributed by atoms with Crippen LogP contribution in [0, 0.1) is 17.8 Å². The summed E-state index contributed by atoms with van der Waals surface area (Å²) in [6.07, 6.45) is 11.6. The normalized spacial score (nSPS) is 16.7. The van der Waals surface area contributed by atoms with Crippen LogP contribution in [0.25, 0.3) is 0 Å². The van der Waals surface area contributed by atoms with E-state index in [-0.39, 0.29) is 11.6 Å². The summed E-state index contributed by atoms with van der Waals surface area (Å²) in [4.78, 5) is 25.5. The number of carbonyl (C=O) groups excluding carboxylic acids is 2. The molecule has 0 spiro atoms. The van der Waals surface area contributed by atoms with Crippen molar-refractivity contribution in [3.05, 3.63) is 58.2 Å². The molecule has 0 aromatic heterocycles. The largest absolute Gasteiger partial charge is 0.289 e. The van der Waals surface area contributed by atoms with Gasteiger partial charge >= 0.3 is 0 Å². The van der Waals surface area contributed by atoms with Gasteiger partial charge in [0, 0.05) is 22.3 Å². The van der Waals surface area contributed by atoms with Crippen molar-refractivity contribution in [3.8, 4) is 0 Å². The molecule has 2 rings (SSSR count). The van der Waals surface area contributed by atoms with Crippen LogP contribution in [0.15, 0.2) is 47.1 Å². The molecule has 0 heterocycles. The maximum Gasteiger partial charge on any atom is 0.190 e. The van der Waals surface area contributed by atoms with Crippen molar-refractivity contribution in [1.29, 1.82) is 0 Å². The number of Topliss-reactive ketones (excluding diaryl/α,β-unsaturated/α-hetero) is 2. The summed E-state index contributed by atoms with van der Waals surface area (Å²) < 4.78 is 0. The van der Waals surface area contributed by atoms with Crippen LogP contribution in [0.1, 0.15) is 114 Å². The van der Waals surface area contributed by atoms with Crippen molar-refractivity contribution < 1.29 is 9.59 Å². The van der Waals surface area contributed by atoms with Gasteiger partial charge in [-0.1, -0.05) is 95.7 Å². The lowest BCUT2D eigenvalue weighted by molar-refractivity contribution is 0.0973. The molecule has 0 fully saturated rings. The minimum Gasteiger partial charge on any atom is -0.289 e. The topological polar surface area (TPSA) is 34.1 Å². The minimum absolute atomic E-state index is 0.00676. The maximum absolute atomic E-state index is 12.9. The van der Waals surface area contributed by atoms with Gasteiger partial charge in [-0.25, -0.2) is 0 Å². The fraction of sp³-hybridized carbons (Fsp3) is 0.586. The van der Waals surface area contributed by atoms with Crippen molar-refractivity contribution in [2.45, 2.75) is 92.9 Å². The monoisotopic (exact) mass is 422 g/mol. The lowest BCUT2D eigenvalue weighted by atomic mass is 9.83.